The molecule has 0 amide bonds. The Bertz CT molecular complexity index is 67.0. The van der Waals surface area contributed by atoms with Crippen molar-refractivity contribution in [2.24, 2.45) is 0 Å². The SMILES string of the molecule is [B]C([B])(Br)C([B])([B])Br. The van der Waals surface area contributed by atoms with Crippen LogP contribution in [-0.4, -0.2) is 39.6 Å². The minimum Gasteiger partial charge on any atom is -0.106 e. The molecule has 0 aromatic rings. The summed E-state index contributed by atoms with van der Waals surface area (Å²) in [7, 11) is 20.8. The van der Waals surface area contributed by atoms with Gasteiger partial charge in [0.15, 0.2) is 0 Å². The average Bonchev–Trinajstić information content (AvgIpc) is 1.25. The van der Waals surface area contributed by atoms with Crippen molar-refractivity contribution < 1.29 is 0 Å². The molecule has 0 bridgehead atoms. The molecule has 6 heteroatoms. The number of rotatable bonds is 1. The highest BCUT2D eigenvalue weighted by Crippen LogP contribution is 2.26. The third-order valence-corrected chi connectivity index (χ3v) is 2.43. The van der Waals surface area contributed by atoms with Crippen LogP contribution in [0.2, 0.25) is 0 Å². The predicted molar refractivity (Wildman–Crippen MR) is 46.3 cm³/mol. The van der Waals surface area contributed by atoms with Crippen LogP contribution in [0.3, 0.4) is 0 Å². The van der Waals surface area contributed by atoms with Crippen LogP contribution in [0.25, 0.3) is 0 Å². The molecule has 0 saturated carbocycles. The summed E-state index contributed by atoms with van der Waals surface area (Å²) in [5, 5.41) is 0. The minimum absolute atomic E-state index is 1.28. The average molecular weight is 227 g/mol. The smallest absolute Gasteiger partial charge is 0.0769 e. The Morgan fingerprint density at radius 3 is 0.875 bits per heavy atom. The van der Waals surface area contributed by atoms with E-state index in [1.165, 1.54) is 0 Å². The van der Waals surface area contributed by atoms with Gasteiger partial charge in [-0.25, -0.2) is 0 Å². The van der Waals surface area contributed by atoms with E-state index in [-0.39, 0.29) is 0 Å². The Morgan fingerprint density at radius 2 is 0.875 bits per heavy atom. The zero-order chi connectivity index (χ0) is 7.00. The standard InChI is InChI=1S/C2B4Br2/c3-1(4,7)2(5,6)8. The van der Waals surface area contributed by atoms with Crippen molar-refractivity contribution >= 4 is 63.2 Å². The summed E-state index contributed by atoms with van der Waals surface area (Å²) < 4.78 is -2.56. The first-order chi connectivity index (χ1) is 3.25. The summed E-state index contributed by atoms with van der Waals surface area (Å²) in [5.74, 6) is 0. The van der Waals surface area contributed by atoms with Crippen LogP contribution < -0.4 is 0 Å². The molecule has 0 fully saturated rings. The van der Waals surface area contributed by atoms with E-state index in [1.54, 1.807) is 0 Å². The van der Waals surface area contributed by atoms with E-state index in [2.05, 4.69) is 31.9 Å². The summed E-state index contributed by atoms with van der Waals surface area (Å²) in [6.07, 6.45) is 0. The first kappa shape index (κ1) is 9.22. The van der Waals surface area contributed by atoms with Crippen LogP contribution >= 0.6 is 31.9 Å². The van der Waals surface area contributed by atoms with Gasteiger partial charge < -0.3 is 0 Å². The summed E-state index contributed by atoms with van der Waals surface area (Å²) in [6.45, 7) is 0. The fourth-order valence-electron chi connectivity index (χ4n) is 0. The lowest BCUT2D eigenvalue weighted by atomic mass is 9.49. The molecule has 34 valence electrons. The largest absolute Gasteiger partial charge is 0.106 e. The van der Waals surface area contributed by atoms with Gasteiger partial charge in [0.25, 0.3) is 0 Å². The molecular formula is C2B4Br2. The van der Waals surface area contributed by atoms with Crippen LogP contribution in [0.5, 0.6) is 0 Å². The molecular weight excluding hydrogens is 227 g/mol. The molecule has 0 saturated heterocycles. The predicted octanol–water partition coefficient (Wildman–Crippen LogP) is -0.242. The molecule has 0 aromatic carbocycles. The van der Waals surface area contributed by atoms with Crippen molar-refractivity contribution in [3.63, 3.8) is 0 Å². The van der Waals surface area contributed by atoms with Crippen LogP contribution in [0.4, 0.5) is 0 Å². The van der Waals surface area contributed by atoms with Crippen LogP contribution in [0.15, 0.2) is 0 Å². The third kappa shape index (κ3) is 2.67. The van der Waals surface area contributed by atoms with Crippen molar-refractivity contribution in [1.82, 2.24) is 0 Å². The maximum atomic E-state index is 5.21. The number of halogens is 2. The quantitative estimate of drug-likeness (QED) is 0.428. The van der Waals surface area contributed by atoms with Gasteiger partial charge in [-0.1, -0.05) is 0 Å². The van der Waals surface area contributed by atoms with Crippen molar-refractivity contribution in [2.75, 3.05) is 0 Å². The van der Waals surface area contributed by atoms with Gasteiger partial charge in [-0.15, -0.1) is 31.9 Å². The zero-order valence-corrected chi connectivity index (χ0v) is 7.24. The summed E-state index contributed by atoms with van der Waals surface area (Å²) in [4.78, 5) is 0. The molecule has 0 nitrogen and oxygen atoms in total. The van der Waals surface area contributed by atoms with Gasteiger partial charge in [0.1, 0.15) is 0 Å². The summed E-state index contributed by atoms with van der Waals surface area (Å²) >= 11 is 5.72. The molecule has 0 atom stereocenters. The topological polar surface area (TPSA) is 0 Å². The van der Waals surface area contributed by atoms with Crippen molar-refractivity contribution in [1.29, 1.82) is 0 Å². The second-order valence-electron chi connectivity index (χ2n) is 1.54. The van der Waals surface area contributed by atoms with Crippen LogP contribution in [0.1, 0.15) is 0 Å². The molecule has 0 aliphatic rings. The molecule has 0 aliphatic carbocycles. The van der Waals surface area contributed by atoms with Gasteiger partial charge in [0.2, 0.25) is 0 Å². The van der Waals surface area contributed by atoms with Crippen molar-refractivity contribution in [3.05, 3.63) is 0 Å². The monoisotopic (exact) mass is 226 g/mol. The van der Waals surface area contributed by atoms with Gasteiger partial charge in [-0.2, -0.15) is 0 Å². The molecule has 8 heavy (non-hydrogen) atoms. The molecule has 8 radical (unpaired) electrons. The van der Waals surface area contributed by atoms with Gasteiger partial charge in [-0.3, -0.25) is 0 Å². The second kappa shape index (κ2) is 2.45. The number of alkyl halides is 2. The lowest BCUT2D eigenvalue weighted by Gasteiger charge is -2.33. The number of hydrogen-bond acceptors (Lipinski definition) is 0. The Hall–Kier alpha value is 1.22. The highest BCUT2D eigenvalue weighted by Gasteiger charge is 2.28. The van der Waals surface area contributed by atoms with E-state index in [0.717, 1.165) is 0 Å². The Morgan fingerprint density at radius 1 is 0.750 bits per heavy atom. The van der Waals surface area contributed by atoms with Crippen LogP contribution in [0, 0.1) is 0 Å². The van der Waals surface area contributed by atoms with E-state index >= 15 is 0 Å². The van der Waals surface area contributed by atoms with Gasteiger partial charge in [-0.05, 0) is 8.25 Å². The van der Waals surface area contributed by atoms with E-state index in [4.69, 9.17) is 31.4 Å². The van der Waals surface area contributed by atoms with E-state index < -0.39 is 8.25 Å². The summed E-state index contributed by atoms with van der Waals surface area (Å²) in [5.41, 5.74) is 0. The molecule has 0 heterocycles. The van der Waals surface area contributed by atoms with Crippen molar-refractivity contribution in [2.45, 2.75) is 8.25 Å². The van der Waals surface area contributed by atoms with Crippen molar-refractivity contribution in [3.8, 4) is 0 Å². The highest BCUT2D eigenvalue weighted by atomic mass is 79.9. The lowest BCUT2D eigenvalue weighted by Crippen LogP contribution is -2.46. The fraction of sp³-hybridized carbons (Fsp3) is 1.00. The zero-order valence-electron chi connectivity index (χ0n) is 4.07. The third-order valence-electron chi connectivity index (χ3n) is 0.587. The fourth-order valence-corrected chi connectivity index (χ4v) is 0. The van der Waals surface area contributed by atoms with E-state index in [1.807, 2.05) is 0 Å². The summed E-state index contributed by atoms with van der Waals surface area (Å²) in [6, 6.07) is 0. The van der Waals surface area contributed by atoms with E-state index in [0.29, 0.717) is 0 Å². The Balaban J connectivity index is 4.02. The van der Waals surface area contributed by atoms with Gasteiger partial charge in [0.05, 0.1) is 31.4 Å². The molecule has 0 aromatic heterocycles. The maximum absolute atomic E-state index is 5.21. The molecule has 0 spiro atoms. The maximum Gasteiger partial charge on any atom is 0.0769 e. The normalized spacial score (nSPS) is 13.8. The Kier molecular flexibility index (Phi) is 2.83. The first-order valence-corrected chi connectivity index (χ1v) is 3.37. The Labute approximate surface area is 71.4 Å². The lowest BCUT2D eigenvalue weighted by molar-refractivity contribution is 1.17. The highest BCUT2D eigenvalue weighted by molar-refractivity contribution is 9.14. The molecule has 0 rings (SSSR count). The van der Waals surface area contributed by atoms with Crippen LogP contribution in [-0.2, 0) is 0 Å². The molecule has 0 aliphatic heterocycles. The first-order valence-electron chi connectivity index (χ1n) is 1.78. The molecule has 0 unspecified atom stereocenters. The second-order valence-corrected chi connectivity index (χ2v) is 4.16. The molecule has 0 N–H and O–H groups in total. The number of hydrogen-bond donors (Lipinski definition) is 0. The minimum atomic E-state index is -1.28. The van der Waals surface area contributed by atoms with Gasteiger partial charge in [0, 0.05) is 0 Å². The van der Waals surface area contributed by atoms with Gasteiger partial charge >= 0.3 is 0 Å². The van der Waals surface area contributed by atoms with E-state index in [9.17, 15) is 0 Å².